The highest BCUT2D eigenvalue weighted by molar-refractivity contribution is 5.25. The van der Waals surface area contributed by atoms with Crippen LogP contribution in [0, 0.1) is 0 Å². The van der Waals surface area contributed by atoms with E-state index in [0.717, 1.165) is 24.2 Å². The highest BCUT2D eigenvalue weighted by atomic mass is 16.5. The molecule has 2 N–H and O–H groups in total. The lowest BCUT2D eigenvalue weighted by Gasteiger charge is -2.11. The summed E-state index contributed by atoms with van der Waals surface area (Å²) in [5.41, 5.74) is 7.06. The molecule has 14 heavy (non-hydrogen) atoms. The minimum atomic E-state index is 0.0811. The van der Waals surface area contributed by atoms with Gasteiger partial charge in [0.1, 0.15) is 5.75 Å². The summed E-state index contributed by atoms with van der Waals surface area (Å²) in [5.74, 6) is 0.773. The average molecular weight is 194 g/mol. The maximum atomic E-state index is 6.01. The van der Waals surface area contributed by atoms with Gasteiger partial charge in [-0.25, -0.2) is 0 Å². The Bertz CT molecular complexity index is 276. The molecule has 0 saturated heterocycles. The molecule has 1 aromatic rings. The van der Waals surface area contributed by atoms with Gasteiger partial charge in [-0.1, -0.05) is 19.8 Å². The standard InChI is InChI=1S/C11H18N2O/c1-3-4-5-11(12)9-6-10(14-2)8-13-7-9/h6-8,11H,3-5,12H2,1-2H3/t11-/m1/s1. The zero-order chi connectivity index (χ0) is 10.4. The molecule has 1 rings (SSSR count). The lowest BCUT2D eigenvalue weighted by Crippen LogP contribution is -2.10. The molecule has 0 unspecified atom stereocenters. The Morgan fingerprint density at radius 2 is 2.29 bits per heavy atom. The minimum absolute atomic E-state index is 0.0811. The number of aromatic nitrogens is 1. The number of hydrogen-bond acceptors (Lipinski definition) is 3. The molecule has 0 aliphatic rings. The van der Waals surface area contributed by atoms with Gasteiger partial charge in [0.15, 0.2) is 0 Å². The number of methoxy groups -OCH3 is 1. The van der Waals surface area contributed by atoms with Crippen molar-refractivity contribution in [3.63, 3.8) is 0 Å². The lowest BCUT2D eigenvalue weighted by atomic mass is 10.0. The summed E-state index contributed by atoms with van der Waals surface area (Å²) in [6.07, 6.45) is 6.83. The Hall–Kier alpha value is -1.09. The second-order valence-electron chi connectivity index (χ2n) is 3.41. The van der Waals surface area contributed by atoms with E-state index >= 15 is 0 Å². The summed E-state index contributed by atoms with van der Waals surface area (Å²) in [5, 5.41) is 0. The largest absolute Gasteiger partial charge is 0.495 e. The van der Waals surface area contributed by atoms with Crippen molar-refractivity contribution >= 4 is 0 Å². The summed E-state index contributed by atoms with van der Waals surface area (Å²) < 4.78 is 5.09. The Morgan fingerprint density at radius 1 is 1.50 bits per heavy atom. The van der Waals surface area contributed by atoms with Crippen molar-refractivity contribution in [1.82, 2.24) is 4.98 Å². The van der Waals surface area contributed by atoms with Crippen molar-refractivity contribution in [2.24, 2.45) is 5.73 Å². The molecule has 0 radical (unpaired) electrons. The molecule has 0 bridgehead atoms. The number of nitrogens with two attached hydrogens (primary N) is 1. The maximum absolute atomic E-state index is 6.01. The summed E-state index contributed by atoms with van der Waals surface area (Å²) in [7, 11) is 1.64. The first-order chi connectivity index (χ1) is 6.77. The number of nitrogens with zero attached hydrogens (tertiary/aromatic N) is 1. The summed E-state index contributed by atoms with van der Waals surface area (Å²) >= 11 is 0. The first-order valence-corrected chi connectivity index (χ1v) is 5.02. The molecule has 1 heterocycles. The Kier molecular flexibility index (Phi) is 4.40. The molecule has 3 heteroatoms. The molecule has 0 aliphatic heterocycles. The fourth-order valence-electron chi connectivity index (χ4n) is 1.34. The second kappa shape index (κ2) is 5.60. The molecule has 0 fully saturated rings. The van der Waals surface area contributed by atoms with Crippen LogP contribution < -0.4 is 10.5 Å². The number of ether oxygens (including phenoxy) is 1. The van der Waals surface area contributed by atoms with Crippen molar-refractivity contribution in [2.75, 3.05) is 7.11 Å². The van der Waals surface area contributed by atoms with Crippen LogP contribution in [0.3, 0.4) is 0 Å². The van der Waals surface area contributed by atoms with E-state index in [1.54, 1.807) is 13.3 Å². The molecule has 0 saturated carbocycles. The van der Waals surface area contributed by atoms with Crippen molar-refractivity contribution in [3.05, 3.63) is 24.0 Å². The van der Waals surface area contributed by atoms with Gasteiger partial charge in [0.2, 0.25) is 0 Å². The maximum Gasteiger partial charge on any atom is 0.137 e. The summed E-state index contributed by atoms with van der Waals surface area (Å²) in [6.45, 7) is 2.16. The number of unbranched alkanes of at least 4 members (excludes halogenated alkanes) is 1. The van der Waals surface area contributed by atoms with Gasteiger partial charge in [0.05, 0.1) is 13.3 Å². The molecule has 0 aliphatic carbocycles. The third-order valence-electron chi connectivity index (χ3n) is 2.27. The van der Waals surface area contributed by atoms with Gasteiger partial charge < -0.3 is 10.5 Å². The lowest BCUT2D eigenvalue weighted by molar-refractivity contribution is 0.411. The fraction of sp³-hybridized carbons (Fsp3) is 0.545. The van der Waals surface area contributed by atoms with Gasteiger partial charge in [-0.05, 0) is 18.1 Å². The van der Waals surface area contributed by atoms with Crippen molar-refractivity contribution in [2.45, 2.75) is 32.2 Å². The Morgan fingerprint density at radius 3 is 2.93 bits per heavy atom. The van der Waals surface area contributed by atoms with Crippen LogP contribution in [0.1, 0.15) is 37.8 Å². The van der Waals surface area contributed by atoms with Crippen LogP contribution in [-0.2, 0) is 0 Å². The predicted molar refractivity (Wildman–Crippen MR) is 57.2 cm³/mol. The van der Waals surface area contributed by atoms with Gasteiger partial charge in [0, 0.05) is 12.2 Å². The third kappa shape index (κ3) is 3.00. The topological polar surface area (TPSA) is 48.1 Å². The number of pyridine rings is 1. The van der Waals surface area contributed by atoms with Crippen LogP contribution in [-0.4, -0.2) is 12.1 Å². The molecular weight excluding hydrogens is 176 g/mol. The molecule has 0 amide bonds. The molecule has 0 spiro atoms. The first kappa shape index (κ1) is 11.0. The number of rotatable bonds is 5. The highest BCUT2D eigenvalue weighted by Crippen LogP contribution is 2.19. The third-order valence-corrected chi connectivity index (χ3v) is 2.27. The van der Waals surface area contributed by atoms with E-state index in [0.29, 0.717) is 0 Å². The molecule has 78 valence electrons. The van der Waals surface area contributed by atoms with Gasteiger partial charge in [-0.3, -0.25) is 4.98 Å². The van der Waals surface area contributed by atoms with Crippen LogP contribution in [0.4, 0.5) is 0 Å². The van der Waals surface area contributed by atoms with E-state index in [1.165, 1.54) is 6.42 Å². The fourth-order valence-corrected chi connectivity index (χ4v) is 1.34. The van der Waals surface area contributed by atoms with Crippen LogP contribution in [0.2, 0.25) is 0 Å². The average Bonchev–Trinajstić information content (AvgIpc) is 2.26. The monoisotopic (exact) mass is 194 g/mol. The van der Waals surface area contributed by atoms with E-state index < -0.39 is 0 Å². The van der Waals surface area contributed by atoms with Crippen molar-refractivity contribution in [3.8, 4) is 5.75 Å². The zero-order valence-corrected chi connectivity index (χ0v) is 8.86. The summed E-state index contributed by atoms with van der Waals surface area (Å²) in [4.78, 5) is 4.08. The quantitative estimate of drug-likeness (QED) is 0.782. The van der Waals surface area contributed by atoms with Crippen molar-refractivity contribution < 1.29 is 4.74 Å². The minimum Gasteiger partial charge on any atom is -0.495 e. The van der Waals surface area contributed by atoms with Gasteiger partial charge >= 0.3 is 0 Å². The van der Waals surface area contributed by atoms with Gasteiger partial charge in [-0.15, -0.1) is 0 Å². The van der Waals surface area contributed by atoms with E-state index in [2.05, 4.69) is 11.9 Å². The highest BCUT2D eigenvalue weighted by Gasteiger charge is 2.06. The van der Waals surface area contributed by atoms with Gasteiger partial charge in [0.25, 0.3) is 0 Å². The second-order valence-corrected chi connectivity index (χ2v) is 3.41. The van der Waals surface area contributed by atoms with Crippen LogP contribution in [0.15, 0.2) is 18.5 Å². The van der Waals surface area contributed by atoms with Crippen molar-refractivity contribution in [1.29, 1.82) is 0 Å². The molecule has 0 aromatic carbocycles. The predicted octanol–water partition coefficient (Wildman–Crippen LogP) is 2.28. The van der Waals surface area contributed by atoms with E-state index in [4.69, 9.17) is 10.5 Å². The SMILES string of the molecule is CCCC[C@@H](N)c1cncc(OC)c1. The Labute approximate surface area is 85.3 Å². The van der Waals surface area contributed by atoms with E-state index in [1.807, 2.05) is 12.3 Å². The normalized spacial score (nSPS) is 12.5. The van der Waals surface area contributed by atoms with Crippen LogP contribution in [0.5, 0.6) is 5.75 Å². The molecule has 1 atom stereocenters. The molecule has 1 aromatic heterocycles. The van der Waals surface area contributed by atoms with E-state index in [9.17, 15) is 0 Å². The molecular formula is C11H18N2O. The smallest absolute Gasteiger partial charge is 0.137 e. The number of hydrogen-bond donors (Lipinski definition) is 1. The molecule has 3 nitrogen and oxygen atoms in total. The van der Waals surface area contributed by atoms with Crippen LogP contribution in [0.25, 0.3) is 0 Å². The summed E-state index contributed by atoms with van der Waals surface area (Å²) in [6, 6.07) is 2.03. The zero-order valence-electron chi connectivity index (χ0n) is 8.86. The van der Waals surface area contributed by atoms with Crippen LogP contribution >= 0.6 is 0 Å². The van der Waals surface area contributed by atoms with Gasteiger partial charge in [-0.2, -0.15) is 0 Å². The first-order valence-electron chi connectivity index (χ1n) is 5.02. The Balaban J connectivity index is 2.64. The van der Waals surface area contributed by atoms with E-state index in [-0.39, 0.29) is 6.04 Å².